The zero-order chi connectivity index (χ0) is 8.97. The van der Waals surface area contributed by atoms with Gasteiger partial charge in [0.25, 0.3) is 0 Å². The molecule has 1 atom stereocenters. The fraction of sp³-hybridized carbons (Fsp3) is 0.200. The average molecular weight is 177 g/mol. The monoisotopic (exact) mass is 177 g/mol. The normalized spacial score (nSPS) is 12.9. The molecular formula is C10H15NSi. The van der Waals surface area contributed by atoms with E-state index in [2.05, 4.69) is 55.2 Å². The predicted octanol–water partition coefficient (Wildman–Crippen LogP) is 0.904. The molecule has 0 spiro atoms. The Hall–Kier alpha value is -0.863. The number of rotatable bonds is 3. The predicted molar refractivity (Wildman–Crippen MR) is 57.1 cm³/mol. The van der Waals surface area contributed by atoms with Crippen molar-refractivity contribution in [2.24, 2.45) is 0 Å². The SMILES string of the molecule is C=C[SiH](c1ccccc1)N(C)C. The lowest BCUT2D eigenvalue weighted by Crippen LogP contribution is -2.42. The van der Waals surface area contributed by atoms with Crippen molar-refractivity contribution in [3.63, 3.8) is 0 Å². The van der Waals surface area contributed by atoms with Crippen LogP contribution in [-0.4, -0.2) is 27.6 Å². The van der Waals surface area contributed by atoms with Gasteiger partial charge in [-0.05, 0) is 19.3 Å². The molecule has 1 aromatic rings. The van der Waals surface area contributed by atoms with E-state index in [9.17, 15) is 0 Å². The van der Waals surface area contributed by atoms with Crippen molar-refractivity contribution >= 4 is 14.1 Å². The topological polar surface area (TPSA) is 3.24 Å². The van der Waals surface area contributed by atoms with Crippen LogP contribution in [0.2, 0.25) is 0 Å². The second kappa shape index (κ2) is 4.23. The van der Waals surface area contributed by atoms with E-state index in [1.165, 1.54) is 5.19 Å². The quantitative estimate of drug-likeness (QED) is 0.620. The van der Waals surface area contributed by atoms with Crippen LogP contribution in [0.4, 0.5) is 0 Å². The lowest BCUT2D eigenvalue weighted by molar-refractivity contribution is 0.657. The summed E-state index contributed by atoms with van der Waals surface area (Å²) in [5, 5.41) is 1.43. The smallest absolute Gasteiger partial charge is 0.167 e. The molecule has 1 unspecified atom stereocenters. The maximum Gasteiger partial charge on any atom is 0.167 e. The van der Waals surface area contributed by atoms with Crippen LogP contribution in [0.1, 0.15) is 0 Å². The van der Waals surface area contributed by atoms with Gasteiger partial charge in [0.15, 0.2) is 8.96 Å². The summed E-state index contributed by atoms with van der Waals surface area (Å²) >= 11 is 0. The highest BCUT2D eigenvalue weighted by Gasteiger charge is 2.10. The van der Waals surface area contributed by atoms with Gasteiger partial charge in [-0.3, -0.25) is 0 Å². The third-order valence-corrected chi connectivity index (χ3v) is 4.55. The van der Waals surface area contributed by atoms with Crippen LogP contribution in [0.3, 0.4) is 0 Å². The molecule has 2 heteroatoms. The molecule has 0 radical (unpaired) electrons. The first-order valence-electron chi connectivity index (χ1n) is 4.09. The van der Waals surface area contributed by atoms with Crippen LogP contribution in [0.15, 0.2) is 42.6 Å². The zero-order valence-electron chi connectivity index (χ0n) is 7.70. The van der Waals surface area contributed by atoms with E-state index < -0.39 is 8.96 Å². The fourth-order valence-electron chi connectivity index (χ4n) is 1.30. The Kier molecular flexibility index (Phi) is 3.26. The summed E-state index contributed by atoms with van der Waals surface area (Å²) in [4.78, 5) is 0. The molecule has 1 rings (SSSR count). The van der Waals surface area contributed by atoms with Gasteiger partial charge in [0.05, 0.1) is 0 Å². The van der Waals surface area contributed by atoms with E-state index in [1.54, 1.807) is 0 Å². The molecule has 0 heterocycles. The van der Waals surface area contributed by atoms with E-state index in [0.29, 0.717) is 0 Å². The summed E-state index contributed by atoms with van der Waals surface area (Å²) in [6.07, 6.45) is 0. The second-order valence-corrected chi connectivity index (χ2v) is 6.12. The molecule has 0 aliphatic carbocycles. The molecule has 0 saturated heterocycles. The molecular weight excluding hydrogens is 162 g/mol. The molecule has 1 nitrogen and oxygen atoms in total. The molecule has 0 amide bonds. The van der Waals surface area contributed by atoms with Crippen LogP contribution in [0.25, 0.3) is 0 Å². The van der Waals surface area contributed by atoms with E-state index >= 15 is 0 Å². The van der Waals surface area contributed by atoms with Crippen molar-refractivity contribution in [2.75, 3.05) is 14.1 Å². The molecule has 12 heavy (non-hydrogen) atoms. The van der Waals surface area contributed by atoms with Gasteiger partial charge >= 0.3 is 0 Å². The van der Waals surface area contributed by atoms with Crippen molar-refractivity contribution in [3.8, 4) is 0 Å². The lowest BCUT2D eigenvalue weighted by Gasteiger charge is -2.18. The Labute approximate surface area is 76.0 Å². The maximum atomic E-state index is 3.88. The molecule has 0 bridgehead atoms. The maximum absolute atomic E-state index is 3.88. The fourth-order valence-corrected chi connectivity index (χ4v) is 3.20. The molecule has 1 aromatic carbocycles. The van der Waals surface area contributed by atoms with Gasteiger partial charge in [-0.15, -0.1) is 6.58 Å². The van der Waals surface area contributed by atoms with Gasteiger partial charge in [0, 0.05) is 0 Å². The number of nitrogens with zero attached hydrogens (tertiary/aromatic N) is 1. The number of hydrogen-bond acceptors (Lipinski definition) is 1. The second-order valence-electron chi connectivity index (χ2n) is 3.05. The minimum atomic E-state index is -1.05. The highest BCUT2D eigenvalue weighted by molar-refractivity contribution is 6.75. The highest BCUT2D eigenvalue weighted by Crippen LogP contribution is 1.92. The van der Waals surface area contributed by atoms with Gasteiger partial charge in [-0.25, -0.2) is 0 Å². The Morgan fingerprint density at radius 1 is 1.25 bits per heavy atom. The Balaban J connectivity index is 2.88. The first-order chi connectivity index (χ1) is 5.75. The zero-order valence-corrected chi connectivity index (χ0v) is 8.85. The highest BCUT2D eigenvalue weighted by atomic mass is 28.3. The van der Waals surface area contributed by atoms with Crippen LogP contribution in [0.5, 0.6) is 0 Å². The van der Waals surface area contributed by atoms with Crippen molar-refractivity contribution in [3.05, 3.63) is 42.6 Å². The summed E-state index contributed by atoms with van der Waals surface area (Å²) in [7, 11) is 3.19. The largest absolute Gasteiger partial charge is 0.325 e. The minimum absolute atomic E-state index is 1.05. The summed E-state index contributed by atoms with van der Waals surface area (Å²) < 4.78 is 2.28. The summed E-state index contributed by atoms with van der Waals surface area (Å²) in [5.41, 5.74) is 2.09. The summed E-state index contributed by atoms with van der Waals surface area (Å²) in [5.74, 6) is 0. The Bertz CT molecular complexity index is 243. The first kappa shape index (κ1) is 9.23. The average Bonchev–Trinajstić information content (AvgIpc) is 2.07. The lowest BCUT2D eigenvalue weighted by atomic mass is 10.4. The van der Waals surface area contributed by atoms with Crippen molar-refractivity contribution < 1.29 is 0 Å². The Morgan fingerprint density at radius 2 is 1.83 bits per heavy atom. The molecule has 0 aliphatic rings. The molecule has 0 saturated carbocycles. The van der Waals surface area contributed by atoms with Gasteiger partial charge in [-0.1, -0.05) is 36.0 Å². The van der Waals surface area contributed by atoms with Crippen molar-refractivity contribution in [1.82, 2.24) is 4.57 Å². The van der Waals surface area contributed by atoms with Gasteiger partial charge < -0.3 is 4.57 Å². The van der Waals surface area contributed by atoms with Crippen molar-refractivity contribution in [1.29, 1.82) is 0 Å². The van der Waals surface area contributed by atoms with Crippen molar-refractivity contribution in [2.45, 2.75) is 0 Å². The number of hydrogen-bond donors (Lipinski definition) is 0. The van der Waals surface area contributed by atoms with Crippen LogP contribution in [-0.2, 0) is 0 Å². The summed E-state index contributed by atoms with van der Waals surface area (Å²) in [6.45, 7) is 3.88. The van der Waals surface area contributed by atoms with E-state index in [0.717, 1.165) is 0 Å². The molecule has 0 aromatic heterocycles. The third kappa shape index (κ3) is 2.06. The van der Waals surface area contributed by atoms with E-state index in [4.69, 9.17) is 0 Å². The molecule has 64 valence electrons. The first-order valence-corrected chi connectivity index (χ1v) is 5.85. The van der Waals surface area contributed by atoms with Gasteiger partial charge in [-0.2, -0.15) is 0 Å². The minimum Gasteiger partial charge on any atom is -0.325 e. The van der Waals surface area contributed by atoms with Gasteiger partial charge in [0.2, 0.25) is 0 Å². The molecule has 0 aliphatic heterocycles. The van der Waals surface area contributed by atoms with E-state index in [-0.39, 0.29) is 0 Å². The molecule has 0 fully saturated rings. The third-order valence-electron chi connectivity index (χ3n) is 1.92. The van der Waals surface area contributed by atoms with Crippen LogP contribution in [0, 0.1) is 0 Å². The standard InChI is InChI=1S/C10H15NSi/c1-4-12(11(2)3)10-8-6-5-7-9-10/h4-9,12H,1H2,2-3H3. The van der Waals surface area contributed by atoms with Crippen LogP contribution < -0.4 is 5.19 Å². The van der Waals surface area contributed by atoms with Crippen LogP contribution >= 0.6 is 0 Å². The number of benzene rings is 1. The summed E-state index contributed by atoms with van der Waals surface area (Å²) in [6, 6.07) is 10.6. The molecule has 0 N–H and O–H groups in total. The van der Waals surface area contributed by atoms with E-state index in [1.807, 2.05) is 6.07 Å². The Morgan fingerprint density at radius 3 is 2.25 bits per heavy atom. The van der Waals surface area contributed by atoms with Gasteiger partial charge in [0.1, 0.15) is 0 Å².